The van der Waals surface area contributed by atoms with Crippen molar-refractivity contribution in [1.82, 2.24) is 19.6 Å². The van der Waals surface area contributed by atoms with Gasteiger partial charge in [-0.25, -0.2) is 4.68 Å². The van der Waals surface area contributed by atoms with Crippen LogP contribution in [-0.4, -0.2) is 25.5 Å². The minimum Gasteiger partial charge on any atom is -0.353 e. The number of anilines is 2. The van der Waals surface area contributed by atoms with Crippen LogP contribution in [0.2, 0.25) is 0 Å². The highest BCUT2D eigenvalue weighted by Gasteiger charge is 2.31. The first-order valence-electron chi connectivity index (χ1n) is 6.23. The van der Waals surface area contributed by atoms with Crippen molar-refractivity contribution in [3.63, 3.8) is 0 Å². The fraction of sp³-hybridized carbons (Fsp3) is 0.417. The molecule has 1 unspecified atom stereocenters. The second kappa shape index (κ2) is 4.11. The number of nitrogens with zero attached hydrogens (tertiary/aromatic N) is 4. The fourth-order valence-electron chi connectivity index (χ4n) is 2.33. The van der Waals surface area contributed by atoms with Gasteiger partial charge in [0.15, 0.2) is 0 Å². The molecule has 1 amide bonds. The fourth-order valence-corrected chi connectivity index (χ4v) is 2.33. The van der Waals surface area contributed by atoms with Crippen molar-refractivity contribution in [2.24, 2.45) is 7.05 Å². The van der Waals surface area contributed by atoms with Crippen LogP contribution in [0, 0.1) is 6.92 Å². The maximum atomic E-state index is 12.2. The zero-order chi connectivity index (χ0) is 13.6. The van der Waals surface area contributed by atoms with E-state index in [-0.39, 0.29) is 5.91 Å². The lowest BCUT2D eigenvalue weighted by Gasteiger charge is -2.24. The van der Waals surface area contributed by atoms with E-state index in [1.807, 2.05) is 31.8 Å². The average Bonchev–Trinajstić information content (AvgIpc) is 2.93. The van der Waals surface area contributed by atoms with Gasteiger partial charge in [-0.05, 0) is 13.8 Å². The molecule has 2 N–H and O–H groups in total. The molecular weight excluding hydrogens is 244 g/mol. The molecule has 0 radical (unpaired) electrons. The van der Waals surface area contributed by atoms with Crippen molar-refractivity contribution in [3.05, 3.63) is 23.7 Å². The van der Waals surface area contributed by atoms with Crippen LogP contribution in [0.1, 0.15) is 24.2 Å². The number of fused-ring (bicyclic) bond motifs is 1. The van der Waals surface area contributed by atoms with Crippen LogP contribution in [0.25, 0.3) is 0 Å². The average molecular weight is 260 g/mol. The SMILES string of the molecule is CCn1nc(C)c2c1NC(c1cnn(C)c1)C(=O)N2. The van der Waals surface area contributed by atoms with Crippen LogP contribution >= 0.6 is 0 Å². The number of rotatable bonds is 2. The van der Waals surface area contributed by atoms with E-state index in [0.29, 0.717) is 0 Å². The maximum Gasteiger partial charge on any atom is 0.251 e. The first kappa shape index (κ1) is 11.8. The van der Waals surface area contributed by atoms with E-state index in [2.05, 4.69) is 20.8 Å². The van der Waals surface area contributed by atoms with Gasteiger partial charge < -0.3 is 10.6 Å². The Morgan fingerprint density at radius 3 is 2.89 bits per heavy atom. The summed E-state index contributed by atoms with van der Waals surface area (Å²) in [5.41, 5.74) is 2.43. The number of aromatic nitrogens is 4. The molecule has 0 spiro atoms. The van der Waals surface area contributed by atoms with Gasteiger partial charge in [-0.15, -0.1) is 0 Å². The molecule has 0 bridgehead atoms. The molecule has 100 valence electrons. The highest BCUT2D eigenvalue weighted by molar-refractivity contribution is 6.03. The molecule has 0 aromatic carbocycles. The summed E-state index contributed by atoms with van der Waals surface area (Å²) in [6.45, 7) is 4.65. The lowest BCUT2D eigenvalue weighted by atomic mass is 10.1. The molecule has 7 nitrogen and oxygen atoms in total. The number of hydrogen-bond donors (Lipinski definition) is 2. The van der Waals surface area contributed by atoms with Gasteiger partial charge in [0, 0.05) is 25.4 Å². The van der Waals surface area contributed by atoms with E-state index in [4.69, 9.17) is 0 Å². The molecule has 3 heterocycles. The number of hydrogen-bond acceptors (Lipinski definition) is 4. The monoisotopic (exact) mass is 260 g/mol. The number of carbonyl (C=O) groups is 1. The molecule has 0 saturated carbocycles. The summed E-state index contributed by atoms with van der Waals surface area (Å²) in [6.07, 6.45) is 3.53. The summed E-state index contributed by atoms with van der Waals surface area (Å²) in [6, 6.07) is -0.428. The zero-order valence-corrected chi connectivity index (χ0v) is 11.1. The molecule has 2 aromatic rings. The van der Waals surface area contributed by atoms with Gasteiger partial charge in [-0.2, -0.15) is 10.2 Å². The quantitative estimate of drug-likeness (QED) is 0.846. The lowest BCUT2D eigenvalue weighted by molar-refractivity contribution is -0.117. The van der Waals surface area contributed by atoms with Crippen LogP contribution in [-0.2, 0) is 18.4 Å². The van der Waals surface area contributed by atoms with E-state index >= 15 is 0 Å². The Kier molecular flexibility index (Phi) is 2.55. The lowest BCUT2D eigenvalue weighted by Crippen LogP contribution is -2.32. The molecule has 0 aliphatic carbocycles. The Hall–Kier alpha value is -2.31. The molecule has 0 saturated heterocycles. The highest BCUT2D eigenvalue weighted by Crippen LogP contribution is 2.34. The van der Waals surface area contributed by atoms with E-state index < -0.39 is 6.04 Å². The van der Waals surface area contributed by atoms with Crippen molar-refractivity contribution >= 4 is 17.4 Å². The van der Waals surface area contributed by atoms with Crippen LogP contribution < -0.4 is 10.6 Å². The predicted octanol–water partition coefficient (Wildman–Crippen LogP) is 1.05. The molecule has 1 aliphatic heterocycles. The summed E-state index contributed by atoms with van der Waals surface area (Å²) in [5, 5.41) is 14.7. The highest BCUT2D eigenvalue weighted by atomic mass is 16.2. The van der Waals surface area contributed by atoms with E-state index in [9.17, 15) is 4.79 Å². The molecule has 0 fully saturated rings. The van der Waals surface area contributed by atoms with Gasteiger partial charge in [0.1, 0.15) is 17.5 Å². The third kappa shape index (κ3) is 1.78. The molecule has 3 rings (SSSR count). The van der Waals surface area contributed by atoms with Crippen molar-refractivity contribution in [3.8, 4) is 0 Å². The Balaban J connectivity index is 2.01. The topological polar surface area (TPSA) is 76.8 Å². The first-order valence-corrected chi connectivity index (χ1v) is 6.23. The Morgan fingerprint density at radius 2 is 2.26 bits per heavy atom. The van der Waals surface area contributed by atoms with Crippen molar-refractivity contribution in [2.75, 3.05) is 10.6 Å². The van der Waals surface area contributed by atoms with Crippen molar-refractivity contribution < 1.29 is 4.79 Å². The summed E-state index contributed by atoms with van der Waals surface area (Å²) in [4.78, 5) is 12.2. The Labute approximate surface area is 110 Å². The largest absolute Gasteiger partial charge is 0.353 e. The Bertz CT molecular complexity index is 641. The van der Waals surface area contributed by atoms with E-state index in [0.717, 1.165) is 29.3 Å². The number of nitrogens with one attached hydrogen (secondary N) is 2. The smallest absolute Gasteiger partial charge is 0.251 e. The third-order valence-corrected chi connectivity index (χ3v) is 3.28. The minimum atomic E-state index is -0.428. The van der Waals surface area contributed by atoms with Crippen LogP contribution in [0.5, 0.6) is 0 Å². The third-order valence-electron chi connectivity index (χ3n) is 3.28. The van der Waals surface area contributed by atoms with Gasteiger partial charge in [0.05, 0.1) is 11.9 Å². The van der Waals surface area contributed by atoms with Crippen molar-refractivity contribution in [1.29, 1.82) is 0 Å². The molecular formula is C12H16N6O. The minimum absolute atomic E-state index is 0.0840. The second-order valence-corrected chi connectivity index (χ2v) is 4.64. The van der Waals surface area contributed by atoms with E-state index in [1.54, 1.807) is 10.9 Å². The Morgan fingerprint density at radius 1 is 1.47 bits per heavy atom. The van der Waals surface area contributed by atoms with Crippen LogP contribution in [0.3, 0.4) is 0 Å². The molecule has 7 heteroatoms. The molecule has 2 aromatic heterocycles. The summed E-state index contributed by atoms with van der Waals surface area (Å²) >= 11 is 0. The molecule has 19 heavy (non-hydrogen) atoms. The molecule has 1 atom stereocenters. The van der Waals surface area contributed by atoms with Gasteiger partial charge in [0.2, 0.25) is 0 Å². The van der Waals surface area contributed by atoms with Gasteiger partial charge in [-0.3, -0.25) is 9.48 Å². The van der Waals surface area contributed by atoms with E-state index in [1.165, 1.54) is 0 Å². The van der Waals surface area contributed by atoms with Crippen LogP contribution in [0.15, 0.2) is 12.4 Å². The first-order chi connectivity index (χ1) is 9.10. The van der Waals surface area contributed by atoms with Gasteiger partial charge in [-0.1, -0.05) is 0 Å². The molecule has 1 aliphatic rings. The standard InChI is InChI=1S/C12H16N6O/c1-4-18-11-9(7(2)16-18)15-12(19)10(14-11)8-5-13-17(3)6-8/h5-6,10,14H,4H2,1-3H3,(H,15,19). The summed E-state index contributed by atoms with van der Waals surface area (Å²) < 4.78 is 3.54. The maximum absolute atomic E-state index is 12.2. The van der Waals surface area contributed by atoms with Crippen LogP contribution in [0.4, 0.5) is 11.5 Å². The number of aryl methyl sites for hydroxylation is 3. The van der Waals surface area contributed by atoms with Gasteiger partial charge in [0.25, 0.3) is 5.91 Å². The second-order valence-electron chi connectivity index (χ2n) is 4.64. The van der Waals surface area contributed by atoms with Gasteiger partial charge >= 0.3 is 0 Å². The number of amides is 1. The van der Waals surface area contributed by atoms with Crippen molar-refractivity contribution in [2.45, 2.75) is 26.4 Å². The summed E-state index contributed by atoms with van der Waals surface area (Å²) in [5.74, 6) is 0.771. The predicted molar refractivity (Wildman–Crippen MR) is 70.8 cm³/mol. The number of carbonyl (C=O) groups excluding carboxylic acids is 1. The summed E-state index contributed by atoms with van der Waals surface area (Å²) in [7, 11) is 1.83. The normalized spacial score (nSPS) is 17.8. The zero-order valence-electron chi connectivity index (χ0n) is 11.1.